The number of carboxylic acid groups (broad SMARTS) is 1. The summed E-state index contributed by atoms with van der Waals surface area (Å²) in [4.78, 5) is 50.3. The summed E-state index contributed by atoms with van der Waals surface area (Å²) in [5.74, 6) is 10.6. The van der Waals surface area contributed by atoms with Crippen LogP contribution in [-0.2, 0) is 9.53 Å². The third-order valence-corrected chi connectivity index (χ3v) is 8.49. The Labute approximate surface area is 270 Å². The van der Waals surface area contributed by atoms with Crippen LogP contribution in [-0.4, -0.2) is 76.6 Å². The number of aliphatic carboxylic acids is 1. The number of nitrogens with two attached hydrogens (primary N) is 1. The van der Waals surface area contributed by atoms with Crippen LogP contribution >= 0.6 is 11.6 Å². The maximum absolute atomic E-state index is 13.1. The second-order valence-electron chi connectivity index (χ2n) is 11.1. The van der Waals surface area contributed by atoms with E-state index in [0.29, 0.717) is 64.5 Å². The lowest BCUT2D eigenvalue weighted by atomic mass is 10.0. The molecule has 0 spiro atoms. The molecule has 0 saturated carbocycles. The molecule has 4 aromatic rings. The van der Waals surface area contributed by atoms with Crippen molar-refractivity contribution >= 4 is 46.1 Å². The molecule has 1 unspecified atom stereocenters. The first-order valence-electron chi connectivity index (χ1n) is 14.9. The molecule has 234 valence electrons. The van der Waals surface area contributed by atoms with Crippen molar-refractivity contribution in [1.82, 2.24) is 20.3 Å². The molecule has 1 atom stereocenters. The number of nitrogens with one attached hydrogen (secondary N) is 1. The Morgan fingerprint density at radius 1 is 1.00 bits per heavy atom. The van der Waals surface area contributed by atoms with Gasteiger partial charge in [0.2, 0.25) is 0 Å². The number of anilines is 1. The summed E-state index contributed by atoms with van der Waals surface area (Å²) in [7, 11) is 0. The molecule has 2 saturated heterocycles. The molecule has 4 N–H and O–H groups in total. The lowest BCUT2D eigenvalue weighted by Crippen LogP contribution is -2.47. The number of halogens is 1. The van der Waals surface area contributed by atoms with Gasteiger partial charge in [-0.05, 0) is 55.7 Å². The predicted molar refractivity (Wildman–Crippen MR) is 173 cm³/mol. The van der Waals surface area contributed by atoms with Crippen molar-refractivity contribution in [2.24, 2.45) is 5.84 Å². The molecule has 2 aromatic carbocycles. The van der Waals surface area contributed by atoms with E-state index in [1.807, 2.05) is 30.3 Å². The Balaban J connectivity index is 1.23. The molecule has 2 aromatic heterocycles. The summed E-state index contributed by atoms with van der Waals surface area (Å²) in [6.45, 7) is 3.07. The highest BCUT2D eigenvalue weighted by Gasteiger charge is 2.32. The van der Waals surface area contributed by atoms with Gasteiger partial charge in [-0.1, -0.05) is 35.6 Å². The van der Waals surface area contributed by atoms with Crippen LogP contribution in [0.3, 0.4) is 0 Å². The quantitative estimate of drug-likeness (QED) is 0.128. The van der Waals surface area contributed by atoms with E-state index in [0.717, 1.165) is 42.9 Å². The van der Waals surface area contributed by atoms with Crippen molar-refractivity contribution in [2.75, 3.05) is 37.7 Å². The first-order valence-corrected chi connectivity index (χ1v) is 15.3. The number of nitrogen functional groups attached to an aromatic ring is 1. The van der Waals surface area contributed by atoms with E-state index in [1.54, 1.807) is 24.4 Å². The normalized spacial score (nSPS) is 16.4. The summed E-state index contributed by atoms with van der Waals surface area (Å²) >= 11 is 6.49. The van der Waals surface area contributed by atoms with E-state index in [1.165, 1.54) is 11.0 Å². The minimum absolute atomic E-state index is 0.302. The van der Waals surface area contributed by atoms with Crippen molar-refractivity contribution in [3.8, 4) is 23.1 Å². The van der Waals surface area contributed by atoms with Crippen LogP contribution < -0.4 is 16.2 Å². The first-order chi connectivity index (χ1) is 22.3. The zero-order valence-electron chi connectivity index (χ0n) is 24.8. The molecular weight excluding hydrogens is 608 g/mol. The van der Waals surface area contributed by atoms with Gasteiger partial charge in [-0.15, -0.1) is 0 Å². The number of carboxylic acids is 1. The number of rotatable bonds is 5. The van der Waals surface area contributed by atoms with E-state index >= 15 is 0 Å². The number of benzene rings is 2. The van der Waals surface area contributed by atoms with Crippen molar-refractivity contribution < 1.29 is 24.2 Å². The van der Waals surface area contributed by atoms with E-state index in [-0.39, 0.29) is 5.91 Å². The number of hydrogen-bond donors (Lipinski definition) is 3. The zero-order valence-corrected chi connectivity index (χ0v) is 25.6. The summed E-state index contributed by atoms with van der Waals surface area (Å²) < 4.78 is 5.45. The number of ether oxygens (including phenoxy) is 1. The SMILES string of the molecule is NNC(=O)c1cc(-c2ccc(C#Cc3ccc(C(=O)N4CCCCC4C(=O)O)cc3Cl)cc2)nc2cc(N3CCOCC3)ncc12. The lowest BCUT2D eigenvalue weighted by Gasteiger charge is -2.33. The number of fused-ring (bicyclic) bond motifs is 1. The predicted octanol–water partition coefficient (Wildman–Crippen LogP) is 3.87. The van der Waals surface area contributed by atoms with Gasteiger partial charge in [0.15, 0.2) is 0 Å². The summed E-state index contributed by atoms with van der Waals surface area (Å²) in [6.07, 6.45) is 3.62. The maximum atomic E-state index is 13.1. The summed E-state index contributed by atoms with van der Waals surface area (Å²) in [5, 5.41) is 10.4. The minimum atomic E-state index is -0.999. The zero-order chi connectivity index (χ0) is 32.2. The van der Waals surface area contributed by atoms with Gasteiger partial charge in [0.25, 0.3) is 11.8 Å². The van der Waals surface area contributed by atoms with Crippen LogP contribution in [0.15, 0.2) is 60.8 Å². The molecule has 6 rings (SSSR count). The number of hydrogen-bond acceptors (Lipinski definition) is 8. The fourth-order valence-electron chi connectivity index (χ4n) is 5.70. The summed E-state index contributed by atoms with van der Waals surface area (Å²) in [5.41, 5.74) is 6.14. The van der Waals surface area contributed by atoms with Crippen LogP contribution in [0, 0.1) is 11.8 Å². The number of amides is 2. The van der Waals surface area contributed by atoms with Crippen molar-refractivity contribution in [2.45, 2.75) is 25.3 Å². The maximum Gasteiger partial charge on any atom is 0.326 e. The molecule has 0 aliphatic carbocycles. The first kappa shape index (κ1) is 31.0. The van der Waals surface area contributed by atoms with Crippen molar-refractivity contribution in [1.29, 1.82) is 0 Å². The van der Waals surface area contributed by atoms with Crippen LogP contribution in [0.1, 0.15) is 51.1 Å². The average Bonchev–Trinajstić information content (AvgIpc) is 3.10. The monoisotopic (exact) mass is 638 g/mol. The molecule has 2 aliphatic heterocycles. The Hall–Kier alpha value is -5.02. The molecular formula is C34H31ClN6O5. The second kappa shape index (κ2) is 13.5. The average molecular weight is 639 g/mol. The lowest BCUT2D eigenvalue weighted by molar-refractivity contribution is -0.143. The Bertz CT molecular complexity index is 1880. The number of pyridine rings is 2. The van der Waals surface area contributed by atoms with Gasteiger partial charge in [-0.25, -0.2) is 20.6 Å². The largest absolute Gasteiger partial charge is 0.480 e. The molecule has 12 heteroatoms. The van der Waals surface area contributed by atoms with Crippen LogP contribution in [0.4, 0.5) is 5.82 Å². The van der Waals surface area contributed by atoms with E-state index < -0.39 is 17.9 Å². The van der Waals surface area contributed by atoms with Crippen LogP contribution in [0.2, 0.25) is 5.02 Å². The molecule has 0 radical (unpaired) electrons. The highest BCUT2D eigenvalue weighted by molar-refractivity contribution is 6.32. The smallest absolute Gasteiger partial charge is 0.326 e. The number of nitrogens with zero attached hydrogens (tertiary/aromatic N) is 4. The molecule has 2 amide bonds. The standard InChI is InChI=1S/C34H31ClN6O5/c35-27-17-24(33(43)41-12-2-1-3-30(41)34(44)45)11-10-22(27)7-4-21-5-8-23(9-6-21)28-18-25(32(42)39-36)26-20-37-31(19-29(26)38-28)40-13-15-46-16-14-40/h5-6,8-11,17-20,30H,1-3,12-16,36H2,(H,39,42)(H,44,45). The molecule has 4 heterocycles. The molecule has 0 bridgehead atoms. The van der Waals surface area contributed by atoms with Gasteiger partial charge in [-0.2, -0.15) is 0 Å². The van der Waals surface area contributed by atoms with E-state index in [4.69, 9.17) is 27.2 Å². The molecule has 46 heavy (non-hydrogen) atoms. The summed E-state index contributed by atoms with van der Waals surface area (Å²) in [6, 6.07) is 15.0. The highest BCUT2D eigenvalue weighted by atomic mass is 35.5. The number of piperidine rings is 1. The molecule has 11 nitrogen and oxygen atoms in total. The number of hydrazine groups is 1. The topological polar surface area (TPSA) is 151 Å². The number of carbonyl (C=O) groups excluding carboxylic acids is 2. The Morgan fingerprint density at radius 2 is 1.78 bits per heavy atom. The number of likely N-dealkylation sites (tertiary alicyclic amines) is 1. The van der Waals surface area contributed by atoms with Crippen LogP contribution in [0.5, 0.6) is 0 Å². The second-order valence-corrected chi connectivity index (χ2v) is 11.5. The van der Waals surface area contributed by atoms with Gasteiger partial charge < -0.3 is 19.6 Å². The Morgan fingerprint density at radius 3 is 2.50 bits per heavy atom. The van der Waals surface area contributed by atoms with Gasteiger partial charge in [0.1, 0.15) is 11.9 Å². The number of aromatic nitrogens is 2. The fourth-order valence-corrected chi connectivity index (χ4v) is 5.93. The van der Waals surface area contributed by atoms with E-state index in [9.17, 15) is 19.5 Å². The number of carbonyl (C=O) groups is 3. The van der Waals surface area contributed by atoms with Crippen molar-refractivity contribution in [3.63, 3.8) is 0 Å². The molecule has 2 fully saturated rings. The van der Waals surface area contributed by atoms with Crippen LogP contribution in [0.25, 0.3) is 22.2 Å². The third kappa shape index (κ3) is 6.50. The Kier molecular flexibility index (Phi) is 9.12. The van der Waals surface area contributed by atoms with E-state index in [2.05, 4.69) is 27.2 Å². The van der Waals surface area contributed by atoms with Gasteiger partial charge in [-0.3, -0.25) is 15.0 Å². The third-order valence-electron chi connectivity index (χ3n) is 8.18. The van der Waals surface area contributed by atoms with Gasteiger partial charge in [0, 0.05) is 59.5 Å². The van der Waals surface area contributed by atoms with Gasteiger partial charge >= 0.3 is 5.97 Å². The number of morpholine rings is 1. The van der Waals surface area contributed by atoms with Gasteiger partial charge in [0.05, 0.1) is 35.0 Å². The minimum Gasteiger partial charge on any atom is -0.480 e. The molecule has 2 aliphatic rings. The fraction of sp³-hybridized carbons (Fsp3) is 0.265. The highest BCUT2D eigenvalue weighted by Crippen LogP contribution is 2.28. The van der Waals surface area contributed by atoms with Crippen molar-refractivity contribution in [3.05, 3.63) is 88.1 Å².